The van der Waals surface area contributed by atoms with E-state index < -0.39 is 5.97 Å². The molecule has 3 aromatic carbocycles. The van der Waals surface area contributed by atoms with Crippen LogP contribution < -0.4 is 0 Å². The van der Waals surface area contributed by atoms with Crippen LogP contribution in [0.2, 0.25) is 0 Å². The Morgan fingerprint density at radius 1 is 0.909 bits per heavy atom. The number of fused-ring (bicyclic) bond motifs is 1. The number of aliphatic carboxylic acids is 1. The van der Waals surface area contributed by atoms with Crippen molar-refractivity contribution in [3.8, 4) is 0 Å². The van der Waals surface area contributed by atoms with Gasteiger partial charge in [0.25, 0.3) is 0 Å². The fraction of sp³-hybridized carbons (Fsp3) is 0. The van der Waals surface area contributed by atoms with Gasteiger partial charge in [0.05, 0.1) is 5.57 Å². The summed E-state index contributed by atoms with van der Waals surface area (Å²) in [5.41, 5.74) is 1.48. The van der Waals surface area contributed by atoms with E-state index >= 15 is 0 Å². The third-order valence-electron chi connectivity index (χ3n) is 3.49. The van der Waals surface area contributed by atoms with Crippen molar-refractivity contribution in [3.05, 3.63) is 83.7 Å². The first kappa shape index (κ1) is 14.0. The summed E-state index contributed by atoms with van der Waals surface area (Å²) in [6.45, 7) is 0. The van der Waals surface area contributed by atoms with Crippen LogP contribution in [0.5, 0.6) is 0 Å². The molecule has 3 heteroatoms. The van der Waals surface area contributed by atoms with Gasteiger partial charge in [0, 0.05) is 0 Å². The molecule has 0 atom stereocenters. The van der Waals surface area contributed by atoms with Gasteiger partial charge in [-0.2, -0.15) is 0 Å². The molecule has 1 N–H and O–H groups in total. The van der Waals surface area contributed by atoms with Crippen molar-refractivity contribution in [1.82, 2.24) is 0 Å². The van der Waals surface area contributed by atoms with Crippen molar-refractivity contribution in [1.29, 1.82) is 0 Å². The summed E-state index contributed by atoms with van der Waals surface area (Å²) in [5, 5.41) is 11.4. The van der Waals surface area contributed by atoms with E-state index in [1.54, 1.807) is 24.3 Å². The Labute approximate surface area is 127 Å². The Morgan fingerprint density at radius 2 is 1.59 bits per heavy atom. The molecule has 3 aromatic rings. The van der Waals surface area contributed by atoms with Gasteiger partial charge in [-0.15, -0.1) is 0 Å². The molecular weight excluding hydrogens is 279 g/mol. The number of rotatable bonds is 3. The number of hydrogen-bond acceptors (Lipinski definition) is 1. The largest absolute Gasteiger partial charge is 0.478 e. The number of carbonyl (C=O) groups is 1. The molecule has 0 radical (unpaired) electrons. The molecule has 3 rings (SSSR count). The highest BCUT2D eigenvalue weighted by atomic mass is 19.1. The van der Waals surface area contributed by atoms with Crippen LogP contribution in [0.3, 0.4) is 0 Å². The molecule has 0 bridgehead atoms. The van der Waals surface area contributed by atoms with Gasteiger partial charge in [0.15, 0.2) is 0 Å². The van der Waals surface area contributed by atoms with E-state index in [4.69, 9.17) is 0 Å². The average molecular weight is 292 g/mol. The van der Waals surface area contributed by atoms with Crippen LogP contribution in [-0.4, -0.2) is 11.1 Å². The first-order valence-electron chi connectivity index (χ1n) is 6.84. The maximum Gasteiger partial charge on any atom is 0.336 e. The minimum Gasteiger partial charge on any atom is -0.478 e. The molecule has 0 aliphatic carbocycles. The molecule has 2 nitrogen and oxygen atoms in total. The standard InChI is InChI=1S/C19H13FO2/c20-15-10-8-13(9-11-15)12-18(19(21)22)17-7-3-5-14-4-1-2-6-16(14)17/h1-12H,(H,21,22)/b18-12-. The van der Waals surface area contributed by atoms with Crippen LogP contribution in [0.4, 0.5) is 4.39 Å². The van der Waals surface area contributed by atoms with Crippen LogP contribution >= 0.6 is 0 Å². The predicted octanol–water partition coefficient (Wildman–Crippen LogP) is 4.60. The number of benzene rings is 3. The second-order valence-electron chi connectivity index (χ2n) is 4.94. The van der Waals surface area contributed by atoms with Gasteiger partial charge in [0.1, 0.15) is 5.82 Å². The second-order valence-corrected chi connectivity index (χ2v) is 4.94. The van der Waals surface area contributed by atoms with Gasteiger partial charge in [-0.1, -0.05) is 54.6 Å². The highest BCUT2D eigenvalue weighted by Crippen LogP contribution is 2.27. The van der Waals surface area contributed by atoms with Gasteiger partial charge in [-0.25, -0.2) is 9.18 Å². The molecule has 108 valence electrons. The van der Waals surface area contributed by atoms with Crippen molar-refractivity contribution < 1.29 is 14.3 Å². The molecule has 0 fully saturated rings. The van der Waals surface area contributed by atoms with Crippen molar-refractivity contribution in [2.75, 3.05) is 0 Å². The van der Waals surface area contributed by atoms with Crippen molar-refractivity contribution in [2.45, 2.75) is 0 Å². The lowest BCUT2D eigenvalue weighted by Crippen LogP contribution is -2.00. The van der Waals surface area contributed by atoms with Crippen LogP contribution in [0.1, 0.15) is 11.1 Å². The summed E-state index contributed by atoms with van der Waals surface area (Å²) in [6, 6.07) is 18.9. The minimum atomic E-state index is -1.01. The zero-order valence-corrected chi connectivity index (χ0v) is 11.7. The first-order chi connectivity index (χ1) is 10.6. The lowest BCUT2D eigenvalue weighted by Gasteiger charge is -2.08. The highest BCUT2D eigenvalue weighted by Gasteiger charge is 2.13. The average Bonchev–Trinajstić information content (AvgIpc) is 2.54. The fourth-order valence-corrected chi connectivity index (χ4v) is 2.44. The topological polar surface area (TPSA) is 37.3 Å². The summed E-state index contributed by atoms with van der Waals surface area (Å²) in [6.07, 6.45) is 1.56. The number of carboxylic acids is 1. The highest BCUT2D eigenvalue weighted by molar-refractivity contribution is 6.23. The Balaban J connectivity index is 2.19. The molecule has 0 amide bonds. The van der Waals surface area contributed by atoms with Gasteiger partial charge in [-0.3, -0.25) is 0 Å². The van der Waals surface area contributed by atoms with E-state index in [1.165, 1.54) is 12.1 Å². The fourth-order valence-electron chi connectivity index (χ4n) is 2.44. The molecule has 0 aliphatic heterocycles. The van der Waals surface area contributed by atoms with Crippen LogP contribution in [0.15, 0.2) is 66.7 Å². The van der Waals surface area contributed by atoms with Gasteiger partial charge < -0.3 is 5.11 Å². The van der Waals surface area contributed by atoms with Gasteiger partial charge >= 0.3 is 5.97 Å². The summed E-state index contributed by atoms with van der Waals surface area (Å²) in [4.78, 5) is 11.7. The third-order valence-corrected chi connectivity index (χ3v) is 3.49. The molecule has 0 unspecified atom stereocenters. The smallest absolute Gasteiger partial charge is 0.336 e. The molecule has 0 aromatic heterocycles. The van der Waals surface area contributed by atoms with Gasteiger partial charge in [-0.05, 0) is 40.1 Å². The maximum atomic E-state index is 13.0. The quantitative estimate of drug-likeness (QED) is 0.565. The zero-order chi connectivity index (χ0) is 15.5. The van der Waals surface area contributed by atoms with E-state index in [-0.39, 0.29) is 11.4 Å². The van der Waals surface area contributed by atoms with Crippen LogP contribution in [0, 0.1) is 5.82 Å². The Morgan fingerprint density at radius 3 is 2.32 bits per heavy atom. The third kappa shape index (κ3) is 2.74. The Hall–Kier alpha value is -2.94. The number of halogens is 1. The molecule has 0 saturated heterocycles. The van der Waals surface area contributed by atoms with Crippen molar-refractivity contribution >= 4 is 28.4 Å². The summed E-state index contributed by atoms with van der Waals surface area (Å²) < 4.78 is 13.0. The lowest BCUT2D eigenvalue weighted by atomic mass is 9.96. The normalized spacial score (nSPS) is 11.6. The first-order valence-corrected chi connectivity index (χ1v) is 6.84. The van der Waals surface area contributed by atoms with Crippen LogP contribution in [-0.2, 0) is 4.79 Å². The molecule has 0 spiro atoms. The van der Waals surface area contributed by atoms with E-state index in [9.17, 15) is 14.3 Å². The zero-order valence-electron chi connectivity index (χ0n) is 11.7. The molecule has 0 aliphatic rings. The SMILES string of the molecule is O=C(O)/C(=C\c1ccc(F)cc1)c1cccc2ccccc12. The van der Waals surface area contributed by atoms with E-state index in [1.807, 2.05) is 36.4 Å². The summed E-state index contributed by atoms with van der Waals surface area (Å²) in [5.74, 6) is -1.36. The maximum absolute atomic E-state index is 13.0. The minimum absolute atomic E-state index is 0.184. The second kappa shape index (κ2) is 5.82. The summed E-state index contributed by atoms with van der Waals surface area (Å²) in [7, 11) is 0. The number of carboxylic acid groups (broad SMARTS) is 1. The van der Waals surface area contributed by atoms with E-state index in [2.05, 4.69) is 0 Å². The van der Waals surface area contributed by atoms with E-state index in [0.717, 1.165) is 10.8 Å². The lowest BCUT2D eigenvalue weighted by molar-refractivity contribution is -0.130. The van der Waals surface area contributed by atoms with Crippen molar-refractivity contribution in [2.24, 2.45) is 0 Å². The van der Waals surface area contributed by atoms with Crippen LogP contribution in [0.25, 0.3) is 22.4 Å². The number of hydrogen-bond donors (Lipinski definition) is 1. The summed E-state index contributed by atoms with van der Waals surface area (Å²) >= 11 is 0. The molecule has 22 heavy (non-hydrogen) atoms. The van der Waals surface area contributed by atoms with Gasteiger partial charge in [0.2, 0.25) is 0 Å². The molecule has 0 heterocycles. The monoisotopic (exact) mass is 292 g/mol. The van der Waals surface area contributed by atoms with E-state index in [0.29, 0.717) is 11.1 Å². The Bertz CT molecular complexity index is 859. The molecule has 0 saturated carbocycles. The Kier molecular flexibility index (Phi) is 3.71. The molecular formula is C19H13FO2. The predicted molar refractivity (Wildman–Crippen MR) is 85.9 cm³/mol. The van der Waals surface area contributed by atoms with Crippen molar-refractivity contribution in [3.63, 3.8) is 0 Å².